The first-order valence-electron chi connectivity index (χ1n) is 3.87. The lowest BCUT2D eigenvalue weighted by Crippen LogP contribution is -2.25. The number of nitrogen functional groups attached to an aromatic ring is 1. The number of hydrogen-bond donors (Lipinski definition) is 1. The third-order valence-electron chi connectivity index (χ3n) is 1.73. The van der Waals surface area contributed by atoms with Gasteiger partial charge in [-0.3, -0.25) is 4.57 Å². The summed E-state index contributed by atoms with van der Waals surface area (Å²) in [4.78, 5) is 14.9. The van der Waals surface area contributed by atoms with E-state index in [1.54, 1.807) is 10.8 Å². The molecular formula is C8H13N3O. The molecule has 0 aliphatic carbocycles. The zero-order valence-electron chi connectivity index (χ0n) is 7.53. The summed E-state index contributed by atoms with van der Waals surface area (Å²) < 4.78 is 1.56. The molecule has 0 radical (unpaired) electrons. The normalized spacial score (nSPS) is 10.7. The minimum Gasteiger partial charge on any atom is -0.383 e. The van der Waals surface area contributed by atoms with Crippen molar-refractivity contribution in [3.05, 3.63) is 22.2 Å². The van der Waals surface area contributed by atoms with Crippen LogP contribution in [-0.2, 0) is 0 Å². The second kappa shape index (κ2) is 2.97. The molecule has 0 bridgehead atoms. The molecule has 66 valence electrons. The van der Waals surface area contributed by atoms with Crippen LogP contribution in [0.3, 0.4) is 0 Å². The van der Waals surface area contributed by atoms with Gasteiger partial charge in [-0.05, 0) is 20.8 Å². The maximum absolute atomic E-state index is 11.2. The van der Waals surface area contributed by atoms with Crippen LogP contribution in [0, 0.1) is 6.92 Å². The number of nitrogens with zero attached hydrogens (tertiary/aromatic N) is 2. The Balaban J connectivity index is 3.33. The van der Waals surface area contributed by atoms with Gasteiger partial charge in [-0.25, -0.2) is 4.79 Å². The van der Waals surface area contributed by atoms with Crippen LogP contribution in [0.2, 0.25) is 0 Å². The monoisotopic (exact) mass is 167 g/mol. The second-order valence-corrected chi connectivity index (χ2v) is 3.09. The Kier molecular flexibility index (Phi) is 2.17. The number of aromatic nitrogens is 2. The number of anilines is 1. The van der Waals surface area contributed by atoms with Crippen LogP contribution < -0.4 is 11.4 Å². The van der Waals surface area contributed by atoms with Crippen LogP contribution in [0.25, 0.3) is 0 Å². The van der Waals surface area contributed by atoms with Gasteiger partial charge in [0.25, 0.3) is 0 Å². The van der Waals surface area contributed by atoms with Crippen molar-refractivity contribution in [2.75, 3.05) is 5.73 Å². The summed E-state index contributed by atoms with van der Waals surface area (Å²) >= 11 is 0. The third-order valence-corrected chi connectivity index (χ3v) is 1.73. The van der Waals surface area contributed by atoms with Crippen LogP contribution in [-0.4, -0.2) is 9.55 Å². The fourth-order valence-electron chi connectivity index (χ4n) is 0.949. The van der Waals surface area contributed by atoms with Gasteiger partial charge in [0.15, 0.2) is 0 Å². The summed E-state index contributed by atoms with van der Waals surface area (Å²) in [7, 11) is 0. The Morgan fingerprint density at radius 2 is 2.17 bits per heavy atom. The Morgan fingerprint density at radius 3 is 2.67 bits per heavy atom. The van der Waals surface area contributed by atoms with E-state index in [0.29, 0.717) is 5.82 Å². The molecule has 0 fully saturated rings. The Bertz CT molecular complexity index is 341. The van der Waals surface area contributed by atoms with E-state index in [4.69, 9.17) is 5.73 Å². The highest BCUT2D eigenvalue weighted by atomic mass is 16.1. The van der Waals surface area contributed by atoms with Crippen molar-refractivity contribution in [1.82, 2.24) is 9.55 Å². The van der Waals surface area contributed by atoms with Crippen LogP contribution in [0.15, 0.2) is 11.0 Å². The van der Waals surface area contributed by atoms with Crippen molar-refractivity contribution >= 4 is 5.82 Å². The van der Waals surface area contributed by atoms with Gasteiger partial charge >= 0.3 is 5.69 Å². The fraction of sp³-hybridized carbons (Fsp3) is 0.500. The molecule has 1 aromatic heterocycles. The predicted molar refractivity (Wildman–Crippen MR) is 48.0 cm³/mol. The average molecular weight is 167 g/mol. The van der Waals surface area contributed by atoms with Gasteiger partial charge in [0, 0.05) is 17.8 Å². The first-order chi connectivity index (χ1) is 5.52. The molecule has 0 atom stereocenters. The van der Waals surface area contributed by atoms with Gasteiger partial charge in [0.05, 0.1) is 0 Å². The van der Waals surface area contributed by atoms with Crippen molar-refractivity contribution in [2.24, 2.45) is 0 Å². The van der Waals surface area contributed by atoms with Crippen LogP contribution >= 0.6 is 0 Å². The van der Waals surface area contributed by atoms with Crippen molar-refractivity contribution < 1.29 is 0 Å². The molecule has 0 unspecified atom stereocenters. The molecule has 0 aliphatic rings. The van der Waals surface area contributed by atoms with Gasteiger partial charge in [0.1, 0.15) is 5.82 Å². The summed E-state index contributed by atoms with van der Waals surface area (Å²) in [6.45, 7) is 5.69. The molecular weight excluding hydrogens is 154 g/mol. The summed E-state index contributed by atoms with van der Waals surface area (Å²) in [5, 5.41) is 0. The minimum atomic E-state index is -0.284. The maximum Gasteiger partial charge on any atom is 0.349 e. The lowest BCUT2D eigenvalue weighted by Gasteiger charge is -2.09. The van der Waals surface area contributed by atoms with E-state index in [9.17, 15) is 4.79 Å². The summed E-state index contributed by atoms with van der Waals surface area (Å²) in [6.07, 6.45) is 1.73. The topological polar surface area (TPSA) is 60.9 Å². The molecule has 1 aromatic rings. The maximum atomic E-state index is 11.2. The molecule has 0 saturated heterocycles. The van der Waals surface area contributed by atoms with Gasteiger partial charge in [0.2, 0.25) is 0 Å². The first-order valence-corrected chi connectivity index (χ1v) is 3.87. The van der Waals surface area contributed by atoms with Crippen LogP contribution in [0.1, 0.15) is 25.5 Å². The van der Waals surface area contributed by atoms with E-state index in [2.05, 4.69) is 4.98 Å². The van der Waals surface area contributed by atoms with Gasteiger partial charge in [-0.2, -0.15) is 4.98 Å². The number of rotatable bonds is 1. The third kappa shape index (κ3) is 1.47. The molecule has 1 rings (SSSR count). The standard InChI is InChI=1S/C8H13N3O/c1-5(2)11-4-6(3)7(9)10-8(11)12/h4-5H,1-3H3,(H2,9,10,12). The van der Waals surface area contributed by atoms with Crippen molar-refractivity contribution in [3.63, 3.8) is 0 Å². The molecule has 0 amide bonds. The predicted octanol–water partition coefficient (Wildman–Crippen LogP) is 0.715. The highest BCUT2D eigenvalue weighted by Gasteiger charge is 2.03. The summed E-state index contributed by atoms with van der Waals surface area (Å²) in [6, 6.07) is 0.129. The van der Waals surface area contributed by atoms with Gasteiger partial charge in [-0.15, -0.1) is 0 Å². The summed E-state index contributed by atoms with van der Waals surface area (Å²) in [5.74, 6) is 0.317. The molecule has 0 spiro atoms. The largest absolute Gasteiger partial charge is 0.383 e. The number of nitrogens with two attached hydrogens (primary N) is 1. The molecule has 0 aliphatic heterocycles. The van der Waals surface area contributed by atoms with E-state index >= 15 is 0 Å². The van der Waals surface area contributed by atoms with Crippen molar-refractivity contribution in [2.45, 2.75) is 26.8 Å². The van der Waals surface area contributed by atoms with Crippen molar-refractivity contribution in [3.8, 4) is 0 Å². The number of hydrogen-bond acceptors (Lipinski definition) is 3. The second-order valence-electron chi connectivity index (χ2n) is 3.09. The Hall–Kier alpha value is -1.32. The zero-order valence-corrected chi connectivity index (χ0v) is 7.53. The molecule has 0 aromatic carbocycles. The van der Waals surface area contributed by atoms with Crippen LogP contribution in [0.4, 0.5) is 5.82 Å². The SMILES string of the molecule is Cc1cn(C(C)C)c(=O)nc1N. The average Bonchev–Trinajstić information content (AvgIpc) is 1.96. The molecule has 0 saturated carbocycles. The minimum absolute atomic E-state index is 0.129. The Morgan fingerprint density at radius 1 is 1.58 bits per heavy atom. The molecule has 4 heteroatoms. The quantitative estimate of drug-likeness (QED) is 0.670. The first kappa shape index (κ1) is 8.77. The lowest BCUT2D eigenvalue weighted by molar-refractivity contribution is 0.562. The van der Waals surface area contributed by atoms with E-state index in [-0.39, 0.29) is 11.7 Å². The zero-order chi connectivity index (χ0) is 9.30. The van der Waals surface area contributed by atoms with Crippen LogP contribution in [0.5, 0.6) is 0 Å². The lowest BCUT2D eigenvalue weighted by atomic mass is 10.3. The molecule has 2 N–H and O–H groups in total. The molecule has 12 heavy (non-hydrogen) atoms. The molecule has 4 nitrogen and oxygen atoms in total. The van der Waals surface area contributed by atoms with Gasteiger partial charge in [-0.1, -0.05) is 0 Å². The molecule has 1 heterocycles. The highest BCUT2D eigenvalue weighted by molar-refractivity contribution is 5.35. The van der Waals surface area contributed by atoms with E-state index in [1.165, 1.54) is 0 Å². The number of aryl methyl sites for hydroxylation is 1. The highest BCUT2D eigenvalue weighted by Crippen LogP contribution is 2.05. The van der Waals surface area contributed by atoms with E-state index in [0.717, 1.165) is 5.56 Å². The van der Waals surface area contributed by atoms with Gasteiger partial charge < -0.3 is 5.73 Å². The van der Waals surface area contributed by atoms with E-state index in [1.807, 2.05) is 20.8 Å². The van der Waals surface area contributed by atoms with E-state index < -0.39 is 0 Å². The fourth-order valence-corrected chi connectivity index (χ4v) is 0.949. The summed E-state index contributed by atoms with van der Waals surface area (Å²) in [5.41, 5.74) is 6.02. The smallest absolute Gasteiger partial charge is 0.349 e. The van der Waals surface area contributed by atoms with Crippen molar-refractivity contribution in [1.29, 1.82) is 0 Å². The Labute approximate surface area is 71.0 Å².